The molecule has 0 saturated heterocycles. The maximum atomic E-state index is 11.7. The van der Waals surface area contributed by atoms with E-state index in [1.165, 1.54) is 17.1 Å². The van der Waals surface area contributed by atoms with Gasteiger partial charge in [0.25, 0.3) is 0 Å². The highest BCUT2D eigenvalue weighted by molar-refractivity contribution is 5.93. The van der Waals surface area contributed by atoms with Crippen LogP contribution in [0.25, 0.3) is 0 Å². The number of rotatable bonds is 5. The van der Waals surface area contributed by atoms with E-state index in [0.717, 1.165) is 12.8 Å². The highest BCUT2D eigenvalue weighted by Crippen LogP contribution is 2.29. The van der Waals surface area contributed by atoms with E-state index in [1.807, 2.05) is 0 Å². The smallest absolute Gasteiger partial charge is 0.247 e. The second-order valence-electron chi connectivity index (χ2n) is 4.58. The van der Waals surface area contributed by atoms with Gasteiger partial charge in [0.15, 0.2) is 5.82 Å². The minimum Gasteiger partial charge on any atom is -0.309 e. The Morgan fingerprint density at radius 3 is 2.95 bits per heavy atom. The summed E-state index contributed by atoms with van der Waals surface area (Å²) in [5, 5.41) is 19.2. The van der Waals surface area contributed by atoms with Crippen LogP contribution < -0.4 is 10.6 Å². The zero-order valence-electron chi connectivity index (χ0n) is 10.5. The van der Waals surface area contributed by atoms with Gasteiger partial charge in [-0.15, -0.1) is 5.10 Å². The Kier molecular flexibility index (Phi) is 3.15. The van der Waals surface area contributed by atoms with Crippen LogP contribution in [-0.4, -0.2) is 37.0 Å². The Hall–Kier alpha value is -2.71. The molecule has 0 bridgehead atoms. The number of amides is 2. The molecular weight excluding hydrogens is 262 g/mol. The lowest BCUT2D eigenvalue weighted by Gasteiger charge is -2.01. The van der Waals surface area contributed by atoms with E-state index in [-0.39, 0.29) is 24.3 Å². The van der Waals surface area contributed by atoms with Crippen molar-refractivity contribution in [3.63, 3.8) is 0 Å². The molecule has 1 aliphatic rings. The van der Waals surface area contributed by atoms with E-state index < -0.39 is 0 Å². The summed E-state index contributed by atoms with van der Waals surface area (Å²) in [6.45, 7) is 0.00528. The summed E-state index contributed by atoms with van der Waals surface area (Å²) in [4.78, 5) is 23.2. The normalized spacial score (nSPS) is 14.0. The van der Waals surface area contributed by atoms with E-state index in [1.54, 1.807) is 6.07 Å². The molecule has 1 saturated carbocycles. The largest absolute Gasteiger partial charge is 0.309 e. The lowest BCUT2D eigenvalue weighted by atomic mass is 10.4. The summed E-state index contributed by atoms with van der Waals surface area (Å²) in [7, 11) is 0. The number of aromatic nitrogens is 5. The number of carbonyl (C=O) groups is 2. The summed E-state index contributed by atoms with van der Waals surface area (Å²) in [6.07, 6.45) is 4.91. The lowest BCUT2D eigenvalue weighted by Crippen LogP contribution is -2.19. The summed E-state index contributed by atoms with van der Waals surface area (Å²) < 4.78 is 1.36. The number of nitrogens with one attached hydrogen (secondary N) is 3. The molecule has 2 aromatic rings. The highest BCUT2D eigenvalue weighted by atomic mass is 16.2. The topological polar surface area (TPSA) is 118 Å². The van der Waals surface area contributed by atoms with Gasteiger partial charge in [0.05, 0.1) is 12.4 Å². The number of nitrogens with zero attached hydrogens (tertiary/aromatic N) is 4. The van der Waals surface area contributed by atoms with Gasteiger partial charge in [-0.2, -0.15) is 5.10 Å². The van der Waals surface area contributed by atoms with Crippen molar-refractivity contribution in [2.45, 2.75) is 19.4 Å². The number of hydrogen-bond acceptors (Lipinski definition) is 5. The molecule has 0 aliphatic heterocycles. The van der Waals surface area contributed by atoms with Crippen molar-refractivity contribution in [2.75, 3.05) is 10.6 Å². The minimum atomic E-state index is -0.265. The van der Waals surface area contributed by atoms with E-state index in [4.69, 9.17) is 0 Å². The summed E-state index contributed by atoms with van der Waals surface area (Å²) in [5.74, 6) is 0.663. The Labute approximate surface area is 113 Å². The molecule has 0 unspecified atom stereocenters. The summed E-state index contributed by atoms with van der Waals surface area (Å²) in [5.41, 5.74) is 0. The predicted molar refractivity (Wildman–Crippen MR) is 68.6 cm³/mol. The molecule has 0 aromatic carbocycles. The first kappa shape index (κ1) is 12.3. The van der Waals surface area contributed by atoms with Crippen LogP contribution in [0.4, 0.5) is 11.6 Å². The first-order valence-electron chi connectivity index (χ1n) is 6.21. The number of aromatic amines is 1. The predicted octanol–water partition coefficient (Wildman–Crippen LogP) is -0.0116. The third-order valence-corrected chi connectivity index (χ3v) is 2.82. The zero-order chi connectivity index (χ0) is 13.9. The fourth-order valence-electron chi connectivity index (χ4n) is 1.67. The van der Waals surface area contributed by atoms with Crippen LogP contribution in [0, 0.1) is 5.92 Å². The van der Waals surface area contributed by atoms with Gasteiger partial charge in [0, 0.05) is 12.0 Å². The monoisotopic (exact) mass is 275 g/mol. The Morgan fingerprint density at radius 1 is 1.40 bits per heavy atom. The van der Waals surface area contributed by atoms with Crippen molar-refractivity contribution in [1.82, 2.24) is 25.2 Å². The van der Waals surface area contributed by atoms with Crippen LogP contribution in [0.15, 0.2) is 18.5 Å². The van der Waals surface area contributed by atoms with E-state index in [9.17, 15) is 9.59 Å². The molecule has 0 atom stereocenters. The number of carbonyl (C=O) groups excluding carboxylic acids is 2. The van der Waals surface area contributed by atoms with Crippen LogP contribution in [0.3, 0.4) is 0 Å². The van der Waals surface area contributed by atoms with E-state index in [0.29, 0.717) is 11.6 Å². The molecular formula is C11H13N7O2. The van der Waals surface area contributed by atoms with Crippen molar-refractivity contribution >= 4 is 23.5 Å². The number of anilines is 2. The molecule has 3 rings (SSSR count). The maximum absolute atomic E-state index is 11.7. The molecule has 2 aromatic heterocycles. The second-order valence-corrected chi connectivity index (χ2v) is 4.58. The molecule has 1 aliphatic carbocycles. The Bertz CT molecular complexity index is 615. The summed E-state index contributed by atoms with van der Waals surface area (Å²) >= 11 is 0. The van der Waals surface area contributed by atoms with Crippen molar-refractivity contribution in [3.05, 3.63) is 18.5 Å². The SMILES string of the molecule is O=C(Cn1cc(NC(=O)C2CC2)nn1)Nc1ccn[nH]1. The first-order chi connectivity index (χ1) is 9.70. The van der Waals surface area contributed by atoms with Gasteiger partial charge in [0.1, 0.15) is 12.4 Å². The molecule has 104 valence electrons. The summed E-state index contributed by atoms with van der Waals surface area (Å²) in [6, 6.07) is 1.64. The standard InChI is InChI=1S/C11H13N7O2/c19-10(13-8-3-4-12-15-8)6-18-5-9(16-17-18)14-11(20)7-1-2-7/h3-5,7H,1-2,6H2,(H,14,20)(H2,12,13,15,19). The molecule has 2 amide bonds. The number of H-pyrrole nitrogens is 1. The first-order valence-corrected chi connectivity index (χ1v) is 6.21. The Balaban J connectivity index is 1.53. The van der Waals surface area contributed by atoms with Gasteiger partial charge < -0.3 is 10.6 Å². The second kappa shape index (κ2) is 5.11. The lowest BCUT2D eigenvalue weighted by molar-refractivity contribution is -0.117. The van der Waals surface area contributed by atoms with E-state index in [2.05, 4.69) is 31.1 Å². The van der Waals surface area contributed by atoms with Crippen LogP contribution in [0.5, 0.6) is 0 Å². The highest BCUT2D eigenvalue weighted by Gasteiger charge is 2.30. The van der Waals surface area contributed by atoms with E-state index >= 15 is 0 Å². The molecule has 9 nitrogen and oxygen atoms in total. The van der Waals surface area contributed by atoms with Gasteiger partial charge in [0.2, 0.25) is 11.8 Å². The van der Waals surface area contributed by atoms with Gasteiger partial charge in [-0.25, -0.2) is 4.68 Å². The molecule has 2 heterocycles. The average Bonchev–Trinajstić information content (AvgIpc) is 2.99. The molecule has 0 radical (unpaired) electrons. The average molecular weight is 275 g/mol. The minimum absolute atomic E-state index is 0.00528. The zero-order valence-corrected chi connectivity index (χ0v) is 10.5. The van der Waals surface area contributed by atoms with Gasteiger partial charge in [-0.05, 0) is 12.8 Å². The molecule has 1 fully saturated rings. The molecule has 20 heavy (non-hydrogen) atoms. The van der Waals surface area contributed by atoms with Gasteiger partial charge in [-0.3, -0.25) is 14.7 Å². The van der Waals surface area contributed by atoms with Crippen LogP contribution >= 0.6 is 0 Å². The number of hydrogen-bond donors (Lipinski definition) is 3. The maximum Gasteiger partial charge on any atom is 0.247 e. The van der Waals surface area contributed by atoms with Crippen LogP contribution in [-0.2, 0) is 16.1 Å². The van der Waals surface area contributed by atoms with Crippen LogP contribution in [0.2, 0.25) is 0 Å². The molecule has 3 N–H and O–H groups in total. The van der Waals surface area contributed by atoms with Crippen molar-refractivity contribution in [2.24, 2.45) is 5.92 Å². The fraction of sp³-hybridized carbons (Fsp3) is 0.364. The van der Waals surface area contributed by atoms with Crippen molar-refractivity contribution in [3.8, 4) is 0 Å². The third-order valence-electron chi connectivity index (χ3n) is 2.82. The van der Waals surface area contributed by atoms with Crippen LogP contribution in [0.1, 0.15) is 12.8 Å². The molecule has 0 spiro atoms. The van der Waals surface area contributed by atoms with Gasteiger partial charge >= 0.3 is 0 Å². The Morgan fingerprint density at radius 2 is 2.25 bits per heavy atom. The molecule has 9 heteroatoms. The third kappa shape index (κ3) is 2.99. The fourth-order valence-corrected chi connectivity index (χ4v) is 1.67. The van der Waals surface area contributed by atoms with Crippen molar-refractivity contribution < 1.29 is 9.59 Å². The van der Waals surface area contributed by atoms with Crippen molar-refractivity contribution in [1.29, 1.82) is 0 Å². The quantitative estimate of drug-likeness (QED) is 0.709. The van der Waals surface area contributed by atoms with Gasteiger partial charge in [-0.1, -0.05) is 5.21 Å².